The molecule has 0 amide bonds. The fourth-order valence-electron chi connectivity index (χ4n) is 2.28. The molecule has 74 valence electrons. The van der Waals surface area contributed by atoms with Crippen molar-refractivity contribution in [3.63, 3.8) is 0 Å². The SMILES string of the molecule is C=c1c2ccccc2c2n1CC(C)=CC=2. The highest BCUT2D eigenvalue weighted by molar-refractivity contribution is 5.84. The van der Waals surface area contributed by atoms with Crippen molar-refractivity contribution in [1.82, 2.24) is 4.57 Å². The number of fused-ring (bicyclic) bond motifs is 3. The van der Waals surface area contributed by atoms with Crippen LogP contribution in [0.2, 0.25) is 0 Å². The molecular formula is C14H13N. The van der Waals surface area contributed by atoms with Gasteiger partial charge in [-0.25, -0.2) is 0 Å². The van der Waals surface area contributed by atoms with Crippen molar-refractivity contribution in [2.45, 2.75) is 13.5 Å². The van der Waals surface area contributed by atoms with Crippen molar-refractivity contribution in [2.24, 2.45) is 0 Å². The van der Waals surface area contributed by atoms with Crippen LogP contribution in [0.15, 0.2) is 35.9 Å². The van der Waals surface area contributed by atoms with Gasteiger partial charge in [0.15, 0.2) is 0 Å². The molecule has 0 atom stereocenters. The molecular weight excluding hydrogens is 182 g/mol. The average Bonchev–Trinajstić information content (AvgIpc) is 2.54. The van der Waals surface area contributed by atoms with Crippen LogP contribution in [0.5, 0.6) is 0 Å². The van der Waals surface area contributed by atoms with Crippen molar-refractivity contribution in [2.75, 3.05) is 0 Å². The van der Waals surface area contributed by atoms with Gasteiger partial charge in [-0.05, 0) is 13.0 Å². The van der Waals surface area contributed by atoms with E-state index >= 15 is 0 Å². The molecule has 0 fully saturated rings. The van der Waals surface area contributed by atoms with Crippen molar-refractivity contribution in [1.29, 1.82) is 0 Å². The molecule has 2 heterocycles. The summed E-state index contributed by atoms with van der Waals surface area (Å²) in [4.78, 5) is 0. The van der Waals surface area contributed by atoms with Gasteiger partial charge in [-0.15, -0.1) is 0 Å². The highest BCUT2D eigenvalue weighted by Crippen LogP contribution is 2.09. The molecule has 0 aliphatic carbocycles. The minimum absolute atomic E-state index is 0.972. The predicted molar refractivity (Wildman–Crippen MR) is 64.9 cm³/mol. The molecule has 1 aliphatic rings. The zero-order chi connectivity index (χ0) is 10.4. The lowest BCUT2D eigenvalue weighted by Crippen LogP contribution is -2.28. The van der Waals surface area contributed by atoms with E-state index in [9.17, 15) is 0 Å². The highest BCUT2D eigenvalue weighted by Gasteiger charge is 2.07. The van der Waals surface area contributed by atoms with E-state index in [1.807, 2.05) is 0 Å². The van der Waals surface area contributed by atoms with E-state index < -0.39 is 0 Å². The Morgan fingerprint density at radius 2 is 1.87 bits per heavy atom. The predicted octanol–water partition coefficient (Wildman–Crippen LogP) is 1.79. The fraction of sp³-hybridized carbons (Fsp3) is 0.143. The van der Waals surface area contributed by atoms with Crippen molar-refractivity contribution >= 4 is 23.4 Å². The number of benzene rings is 1. The molecule has 0 N–H and O–H groups in total. The third-order valence-electron chi connectivity index (χ3n) is 3.06. The van der Waals surface area contributed by atoms with Gasteiger partial charge in [0.1, 0.15) is 0 Å². The number of hydrogen-bond acceptors (Lipinski definition) is 0. The second-order valence-corrected chi connectivity index (χ2v) is 4.14. The van der Waals surface area contributed by atoms with Crippen LogP contribution in [-0.4, -0.2) is 4.57 Å². The molecule has 0 saturated carbocycles. The van der Waals surface area contributed by atoms with Gasteiger partial charge >= 0.3 is 0 Å². The lowest BCUT2D eigenvalue weighted by Gasteiger charge is -2.08. The number of hydrogen-bond donors (Lipinski definition) is 0. The van der Waals surface area contributed by atoms with E-state index in [4.69, 9.17) is 0 Å². The number of aromatic nitrogens is 1. The first-order valence-corrected chi connectivity index (χ1v) is 5.21. The molecule has 0 unspecified atom stereocenters. The Morgan fingerprint density at radius 3 is 2.67 bits per heavy atom. The maximum absolute atomic E-state index is 4.17. The third-order valence-corrected chi connectivity index (χ3v) is 3.06. The molecule has 1 heteroatoms. The van der Waals surface area contributed by atoms with Gasteiger partial charge in [0.05, 0.1) is 0 Å². The normalized spacial score (nSPS) is 14.6. The van der Waals surface area contributed by atoms with E-state index in [1.54, 1.807) is 0 Å². The van der Waals surface area contributed by atoms with Gasteiger partial charge in [0.2, 0.25) is 0 Å². The Labute approximate surface area is 88.6 Å². The molecule has 0 saturated heterocycles. The molecule has 1 nitrogen and oxygen atoms in total. The van der Waals surface area contributed by atoms with Gasteiger partial charge < -0.3 is 4.57 Å². The maximum atomic E-state index is 4.17. The smallest absolute Gasteiger partial charge is 0.0494 e. The largest absolute Gasteiger partial charge is 0.337 e. The maximum Gasteiger partial charge on any atom is 0.0494 e. The summed E-state index contributed by atoms with van der Waals surface area (Å²) in [5.74, 6) is 0. The fourth-order valence-corrected chi connectivity index (χ4v) is 2.28. The minimum atomic E-state index is 0.972. The standard InChI is InChI=1S/C14H13N/c1-10-7-8-14-13-6-4-3-5-12(13)11(2)15(14)9-10/h3-8H,2,9H2,1H3. The summed E-state index contributed by atoms with van der Waals surface area (Å²) in [5.41, 5.74) is 1.38. The number of allylic oxidation sites excluding steroid dienone is 2. The first-order valence-electron chi connectivity index (χ1n) is 5.21. The highest BCUT2D eigenvalue weighted by atomic mass is 15.0. The van der Waals surface area contributed by atoms with Crippen LogP contribution in [0.25, 0.3) is 23.4 Å². The Hall–Kier alpha value is -1.76. The van der Waals surface area contributed by atoms with E-state index in [0.29, 0.717) is 0 Å². The average molecular weight is 195 g/mol. The summed E-state index contributed by atoms with van der Waals surface area (Å²) in [6.45, 7) is 7.30. The van der Waals surface area contributed by atoms with Crippen LogP contribution in [0.3, 0.4) is 0 Å². The van der Waals surface area contributed by atoms with E-state index in [2.05, 4.69) is 54.5 Å². The summed E-state index contributed by atoms with van der Waals surface area (Å²) >= 11 is 0. The van der Waals surface area contributed by atoms with Crippen LogP contribution in [0, 0.1) is 0 Å². The van der Waals surface area contributed by atoms with E-state index in [1.165, 1.54) is 21.7 Å². The molecule has 0 radical (unpaired) electrons. The Balaban J connectivity index is 2.56. The zero-order valence-electron chi connectivity index (χ0n) is 8.83. The second kappa shape index (κ2) is 2.86. The van der Waals surface area contributed by atoms with Crippen LogP contribution in [0.4, 0.5) is 0 Å². The third kappa shape index (κ3) is 1.09. The summed E-state index contributed by atoms with van der Waals surface area (Å²) in [5, 5.41) is 5.00. The van der Waals surface area contributed by atoms with Gasteiger partial charge in [0, 0.05) is 28.0 Å². The van der Waals surface area contributed by atoms with Gasteiger partial charge in [-0.1, -0.05) is 42.5 Å². The molecule has 1 aliphatic heterocycles. The van der Waals surface area contributed by atoms with Crippen molar-refractivity contribution in [3.05, 3.63) is 46.6 Å². The van der Waals surface area contributed by atoms with Crippen LogP contribution in [-0.2, 0) is 6.54 Å². The molecule has 0 bridgehead atoms. The molecule has 0 spiro atoms. The quantitative estimate of drug-likeness (QED) is 0.604. The second-order valence-electron chi connectivity index (χ2n) is 4.14. The molecule has 2 aromatic rings. The van der Waals surface area contributed by atoms with E-state index in [0.717, 1.165) is 11.9 Å². The minimum Gasteiger partial charge on any atom is -0.337 e. The van der Waals surface area contributed by atoms with Crippen LogP contribution < -0.4 is 10.7 Å². The lowest BCUT2D eigenvalue weighted by molar-refractivity contribution is 0.743. The monoisotopic (exact) mass is 195 g/mol. The summed E-state index contributed by atoms with van der Waals surface area (Å²) in [6, 6.07) is 8.47. The topological polar surface area (TPSA) is 4.93 Å². The molecule has 1 aromatic heterocycles. The first-order chi connectivity index (χ1) is 7.27. The van der Waals surface area contributed by atoms with Crippen molar-refractivity contribution < 1.29 is 0 Å². The molecule has 3 rings (SSSR count). The molecule has 1 aromatic carbocycles. The zero-order valence-corrected chi connectivity index (χ0v) is 8.83. The van der Waals surface area contributed by atoms with Gasteiger partial charge in [-0.2, -0.15) is 0 Å². The molecule has 15 heavy (non-hydrogen) atoms. The van der Waals surface area contributed by atoms with Crippen molar-refractivity contribution in [3.8, 4) is 0 Å². The first kappa shape index (κ1) is 8.54. The summed E-state index contributed by atoms with van der Waals surface area (Å²) in [7, 11) is 0. The Bertz CT molecular complexity index is 671. The Morgan fingerprint density at radius 1 is 1.13 bits per heavy atom. The van der Waals surface area contributed by atoms with E-state index in [-0.39, 0.29) is 0 Å². The number of rotatable bonds is 0. The Kier molecular flexibility index (Phi) is 1.63. The van der Waals surface area contributed by atoms with Crippen LogP contribution >= 0.6 is 0 Å². The lowest BCUT2D eigenvalue weighted by atomic mass is 10.2. The summed E-state index contributed by atoms with van der Waals surface area (Å²) < 4.78 is 2.29. The van der Waals surface area contributed by atoms with Gasteiger partial charge in [-0.3, -0.25) is 0 Å². The number of nitrogens with zero attached hydrogens (tertiary/aromatic N) is 1. The van der Waals surface area contributed by atoms with Gasteiger partial charge in [0.25, 0.3) is 0 Å². The summed E-state index contributed by atoms with van der Waals surface area (Å²) in [6.07, 6.45) is 4.39. The van der Waals surface area contributed by atoms with Crippen LogP contribution in [0.1, 0.15) is 6.92 Å².